The van der Waals surface area contributed by atoms with Crippen LogP contribution in [0.25, 0.3) is 10.8 Å². The third-order valence-electron chi connectivity index (χ3n) is 2.19. The average molecular weight is 268 g/mol. The predicted octanol–water partition coefficient (Wildman–Crippen LogP) is 3.01. The van der Waals surface area contributed by atoms with E-state index in [-0.39, 0.29) is 0 Å². The fraction of sp³-hybridized carbons (Fsp3) is 0.182. The van der Waals surface area contributed by atoms with Crippen molar-refractivity contribution in [3.8, 4) is 11.5 Å². The van der Waals surface area contributed by atoms with E-state index < -0.39 is 0 Å². The molecule has 0 saturated heterocycles. The SMILES string of the molecule is COc1cc2cnc(Br)cc2cc1OC. The van der Waals surface area contributed by atoms with Crippen LogP contribution in [0.4, 0.5) is 0 Å². The predicted molar refractivity (Wildman–Crippen MR) is 62.5 cm³/mol. The lowest BCUT2D eigenvalue weighted by Crippen LogP contribution is -1.90. The highest BCUT2D eigenvalue weighted by Crippen LogP contribution is 2.32. The van der Waals surface area contributed by atoms with E-state index in [0.717, 1.165) is 21.1 Å². The Balaban J connectivity index is 2.69. The van der Waals surface area contributed by atoms with E-state index in [1.165, 1.54) is 0 Å². The standard InChI is InChI=1S/C11H10BrNO2/c1-14-9-3-7-5-11(12)13-6-8(7)4-10(9)15-2/h3-6H,1-2H3. The Labute approximate surface area is 96.2 Å². The molecule has 0 unspecified atom stereocenters. The highest BCUT2D eigenvalue weighted by atomic mass is 79.9. The first kappa shape index (κ1) is 10.2. The summed E-state index contributed by atoms with van der Waals surface area (Å²) in [6, 6.07) is 5.78. The van der Waals surface area contributed by atoms with Crippen molar-refractivity contribution in [2.45, 2.75) is 0 Å². The molecule has 1 aromatic heterocycles. The maximum atomic E-state index is 5.22. The van der Waals surface area contributed by atoms with E-state index in [2.05, 4.69) is 20.9 Å². The summed E-state index contributed by atoms with van der Waals surface area (Å²) in [6.45, 7) is 0. The van der Waals surface area contributed by atoms with Crippen LogP contribution in [-0.4, -0.2) is 19.2 Å². The number of rotatable bonds is 2. The van der Waals surface area contributed by atoms with Crippen molar-refractivity contribution in [3.63, 3.8) is 0 Å². The Morgan fingerprint density at radius 2 is 1.60 bits per heavy atom. The number of hydrogen-bond donors (Lipinski definition) is 0. The molecule has 1 heterocycles. The van der Waals surface area contributed by atoms with Gasteiger partial charge in [0.1, 0.15) is 4.60 Å². The van der Waals surface area contributed by atoms with Crippen molar-refractivity contribution < 1.29 is 9.47 Å². The number of hydrogen-bond acceptors (Lipinski definition) is 3. The lowest BCUT2D eigenvalue weighted by Gasteiger charge is -2.08. The molecule has 0 N–H and O–H groups in total. The third kappa shape index (κ3) is 1.90. The minimum Gasteiger partial charge on any atom is -0.493 e. The lowest BCUT2D eigenvalue weighted by atomic mass is 10.1. The van der Waals surface area contributed by atoms with Crippen LogP contribution in [0.5, 0.6) is 11.5 Å². The molecule has 4 heteroatoms. The second-order valence-corrected chi connectivity index (χ2v) is 3.87. The molecule has 15 heavy (non-hydrogen) atoms. The minimum atomic E-state index is 0.717. The van der Waals surface area contributed by atoms with E-state index >= 15 is 0 Å². The Morgan fingerprint density at radius 1 is 1.00 bits per heavy atom. The molecule has 0 fully saturated rings. The quantitative estimate of drug-likeness (QED) is 0.784. The topological polar surface area (TPSA) is 31.4 Å². The van der Waals surface area contributed by atoms with E-state index in [1.807, 2.05) is 18.2 Å². The first-order chi connectivity index (χ1) is 7.24. The fourth-order valence-electron chi connectivity index (χ4n) is 1.44. The Morgan fingerprint density at radius 3 is 2.20 bits per heavy atom. The van der Waals surface area contributed by atoms with Crippen LogP contribution in [0.3, 0.4) is 0 Å². The summed E-state index contributed by atoms with van der Waals surface area (Å²) >= 11 is 3.33. The molecule has 2 aromatic rings. The van der Waals surface area contributed by atoms with Crippen LogP contribution in [-0.2, 0) is 0 Å². The molecule has 0 spiro atoms. The molecule has 0 aliphatic rings. The Kier molecular flexibility index (Phi) is 2.77. The van der Waals surface area contributed by atoms with Gasteiger partial charge in [-0.05, 0) is 39.5 Å². The monoisotopic (exact) mass is 267 g/mol. The number of aromatic nitrogens is 1. The van der Waals surface area contributed by atoms with Gasteiger partial charge in [-0.3, -0.25) is 0 Å². The van der Waals surface area contributed by atoms with Gasteiger partial charge in [0.05, 0.1) is 14.2 Å². The largest absolute Gasteiger partial charge is 0.493 e. The summed E-state index contributed by atoms with van der Waals surface area (Å²) in [5, 5.41) is 2.09. The smallest absolute Gasteiger partial charge is 0.161 e. The van der Waals surface area contributed by atoms with Crippen molar-refractivity contribution in [1.29, 1.82) is 0 Å². The summed E-state index contributed by atoms with van der Waals surface area (Å²) < 4.78 is 11.2. The van der Waals surface area contributed by atoms with Crippen molar-refractivity contribution in [2.75, 3.05) is 14.2 Å². The van der Waals surface area contributed by atoms with Gasteiger partial charge in [0.2, 0.25) is 0 Å². The molecule has 0 amide bonds. The molecular weight excluding hydrogens is 258 g/mol. The van der Waals surface area contributed by atoms with Crippen LogP contribution in [0.1, 0.15) is 0 Å². The fourth-order valence-corrected chi connectivity index (χ4v) is 1.79. The van der Waals surface area contributed by atoms with E-state index in [9.17, 15) is 0 Å². The minimum absolute atomic E-state index is 0.717. The van der Waals surface area contributed by atoms with Crippen LogP contribution >= 0.6 is 15.9 Å². The lowest BCUT2D eigenvalue weighted by molar-refractivity contribution is 0.356. The van der Waals surface area contributed by atoms with E-state index in [1.54, 1.807) is 20.4 Å². The van der Waals surface area contributed by atoms with Crippen LogP contribution in [0.2, 0.25) is 0 Å². The van der Waals surface area contributed by atoms with Gasteiger partial charge in [-0.15, -0.1) is 0 Å². The average Bonchev–Trinajstić information content (AvgIpc) is 2.27. The molecule has 0 atom stereocenters. The summed E-state index contributed by atoms with van der Waals surface area (Å²) in [5.41, 5.74) is 0. The first-order valence-corrected chi connectivity index (χ1v) is 5.21. The second-order valence-electron chi connectivity index (χ2n) is 3.06. The number of ether oxygens (including phenoxy) is 2. The van der Waals surface area contributed by atoms with Gasteiger partial charge in [-0.25, -0.2) is 4.98 Å². The summed E-state index contributed by atoms with van der Waals surface area (Å²) in [7, 11) is 3.25. The zero-order valence-electron chi connectivity index (χ0n) is 8.45. The van der Waals surface area contributed by atoms with Gasteiger partial charge in [-0.2, -0.15) is 0 Å². The molecule has 2 rings (SSSR count). The van der Waals surface area contributed by atoms with Crippen LogP contribution in [0, 0.1) is 0 Å². The molecule has 3 nitrogen and oxygen atoms in total. The van der Waals surface area contributed by atoms with E-state index in [0.29, 0.717) is 5.75 Å². The molecule has 0 aliphatic carbocycles. The molecular formula is C11H10BrNO2. The van der Waals surface area contributed by atoms with Gasteiger partial charge in [0.25, 0.3) is 0 Å². The molecule has 0 radical (unpaired) electrons. The highest BCUT2D eigenvalue weighted by Gasteiger charge is 2.06. The zero-order chi connectivity index (χ0) is 10.8. The first-order valence-electron chi connectivity index (χ1n) is 4.42. The molecule has 1 aromatic carbocycles. The number of nitrogens with zero attached hydrogens (tertiary/aromatic N) is 1. The molecule has 0 saturated carbocycles. The van der Waals surface area contributed by atoms with Gasteiger partial charge >= 0.3 is 0 Å². The number of fused-ring (bicyclic) bond motifs is 1. The van der Waals surface area contributed by atoms with Crippen molar-refractivity contribution >= 4 is 26.7 Å². The number of benzene rings is 1. The summed E-state index contributed by atoms with van der Waals surface area (Å²) in [4.78, 5) is 4.16. The van der Waals surface area contributed by atoms with Gasteiger partial charge in [0.15, 0.2) is 11.5 Å². The Bertz CT molecular complexity index is 499. The van der Waals surface area contributed by atoms with Crippen molar-refractivity contribution in [1.82, 2.24) is 4.98 Å². The van der Waals surface area contributed by atoms with E-state index in [4.69, 9.17) is 9.47 Å². The Hall–Kier alpha value is -1.29. The molecule has 0 bridgehead atoms. The van der Waals surface area contributed by atoms with Crippen LogP contribution < -0.4 is 9.47 Å². The summed E-state index contributed by atoms with van der Waals surface area (Å²) in [6.07, 6.45) is 1.79. The van der Waals surface area contributed by atoms with Crippen molar-refractivity contribution in [3.05, 3.63) is 29.0 Å². The number of methoxy groups -OCH3 is 2. The number of pyridine rings is 1. The zero-order valence-corrected chi connectivity index (χ0v) is 10.0. The second kappa shape index (κ2) is 4.06. The maximum Gasteiger partial charge on any atom is 0.161 e. The molecule has 0 aliphatic heterocycles. The van der Waals surface area contributed by atoms with Crippen LogP contribution in [0.15, 0.2) is 29.0 Å². The van der Waals surface area contributed by atoms with Gasteiger partial charge < -0.3 is 9.47 Å². The summed E-state index contributed by atoms with van der Waals surface area (Å²) in [5.74, 6) is 1.44. The number of halogens is 1. The molecule has 78 valence electrons. The third-order valence-corrected chi connectivity index (χ3v) is 2.62. The van der Waals surface area contributed by atoms with Gasteiger partial charge in [-0.1, -0.05) is 0 Å². The highest BCUT2D eigenvalue weighted by molar-refractivity contribution is 9.10. The normalized spacial score (nSPS) is 10.3. The maximum absolute atomic E-state index is 5.22. The van der Waals surface area contributed by atoms with Crippen molar-refractivity contribution in [2.24, 2.45) is 0 Å². The van der Waals surface area contributed by atoms with Gasteiger partial charge in [0, 0.05) is 11.6 Å².